The molecule has 0 heterocycles. The molecule has 0 rings (SSSR count). The van der Waals surface area contributed by atoms with Gasteiger partial charge in [0.05, 0.1) is 17.1 Å². The van der Waals surface area contributed by atoms with E-state index in [1.165, 1.54) is 0 Å². The predicted molar refractivity (Wildman–Crippen MR) is 63.8 cm³/mol. The number of ether oxygens (including phenoxy) is 1. The van der Waals surface area contributed by atoms with Gasteiger partial charge in [-0.2, -0.15) is 0 Å². The Hall–Kier alpha value is -0.0900. The molecule has 0 aliphatic heterocycles. The molecule has 0 saturated carbocycles. The summed E-state index contributed by atoms with van der Waals surface area (Å²) in [5.74, 6) is 0.419. The Morgan fingerprint density at radius 2 is 1.67 bits per heavy atom. The molecule has 0 aliphatic rings. The average Bonchev–Trinajstić information content (AvgIpc) is 2.11. The summed E-state index contributed by atoms with van der Waals surface area (Å²) >= 11 is 0. The van der Waals surface area contributed by atoms with E-state index in [1.54, 1.807) is 7.11 Å². The fourth-order valence-corrected chi connectivity index (χ4v) is 4.27. The molecule has 0 atom stereocenters. The van der Waals surface area contributed by atoms with Crippen molar-refractivity contribution in [3.63, 3.8) is 0 Å². The van der Waals surface area contributed by atoms with Crippen molar-refractivity contribution in [3.05, 3.63) is 0 Å². The smallest absolute Gasteiger partial charge is 0.158 e. The molecule has 0 saturated heterocycles. The van der Waals surface area contributed by atoms with E-state index in [1.807, 2.05) is 27.7 Å². The number of sulfone groups is 1. The maximum absolute atomic E-state index is 12.2. The van der Waals surface area contributed by atoms with Crippen molar-refractivity contribution in [2.24, 2.45) is 5.92 Å². The Kier molecular flexibility index (Phi) is 5.81. The SMILES string of the molecule is CCC(CC)(COC)S(=O)(=O)CC(C)C. The van der Waals surface area contributed by atoms with Crippen molar-refractivity contribution in [1.29, 1.82) is 0 Å². The lowest BCUT2D eigenvalue weighted by atomic mass is 10.0. The van der Waals surface area contributed by atoms with E-state index in [-0.39, 0.29) is 11.7 Å². The van der Waals surface area contributed by atoms with Gasteiger partial charge in [-0.15, -0.1) is 0 Å². The summed E-state index contributed by atoms with van der Waals surface area (Å²) in [5, 5.41) is 0. The van der Waals surface area contributed by atoms with Gasteiger partial charge in [0.2, 0.25) is 0 Å². The second-order valence-electron chi connectivity index (χ2n) is 4.50. The fourth-order valence-electron chi connectivity index (χ4n) is 1.86. The molecule has 0 spiro atoms. The molecule has 15 heavy (non-hydrogen) atoms. The highest BCUT2D eigenvalue weighted by molar-refractivity contribution is 7.92. The molecule has 0 radical (unpaired) electrons. The summed E-state index contributed by atoms with van der Waals surface area (Å²) in [5.41, 5.74) is 0. The first-order chi connectivity index (χ1) is 6.85. The van der Waals surface area contributed by atoms with E-state index in [9.17, 15) is 8.42 Å². The number of hydrogen-bond acceptors (Lipinski definition) is 3. The number of hydrogen-bond donors (Lipinski definition) is 0. The van der Waals surface area contributed by atoms with Crippen LogP contribution in [0, 0.1) is 5.92 Å². The average molecular weight is 236 g/mol. The molecular formula is C11H24O3S. The van der Waals surface area contributed by atoms with Gasteiger partial charge in [0, 0.05) is 7.11 Å². The van der Waals surface area contributed by atoms with E-state index in [0.29, 0.717) is 19.4 Å². The lowest BCUT2D eigenvalue weighted by Gasteiger charge is -2.31. The molecule has 0 aromatic rings. The highest BCUT2D eigenvalue weighted by Gasteiger charge is 2.40. The maximum atomic E-state index is 12.2. The molecule has 3 nitrogen and oxygen atoms in total. The van der Waals surface area contributed by atoms with Crippen LogP contribution in [0.4, 0.5) is 0 Å². The van der Waals surface area contributed by atoms with Gasteiger partial charge in [0.1, 0.15) is 0 Å². The van der Waals surface area contributed by atoms with Crippen LogP contribution in [-0.4, -0.2) is 32.6 Å². The second kappa shape index (κ2) is 5.85. The van der Waals surface area contributed by atoms with E-state index in [4.69, 9.17) is 4.74 Å². The maximum Gasteiger partial charge on any atom is 0.158 e. The van der Waals surface area contributed by atoms with Gasteiger partial charge in [-0.1, -0.05) is 27.7 Å². The minimum atomic E-state index is -3.07. The second-order valence-corrected chi connectivity index (χ2v) is 6.93. The first-order valence-electron chi connectivity index (χ1n) is 5.56. The summed E-state index contributed by atoms with van der Waals surface area (Å²) < 4.78 is 28.9. The number of methoxy groups -OCH3 is 1. The Bertz CT molecular complexity index is 264. The Morgan fingerprint density at radius 3 is 1.93 bits per heavy atom. The van der Waals surface area contributed by atoms with Crippen LogP contribution in [0.3, 0.4) is 0 Å². The van der Waals surface area contributed by atoms with Crippen molar-refractivity contribution in [1.82, 2.24) is 0 Å². The normalized spacial score (nSPS) is 13.5. The van der Waals surface area contributed by atoms with E-state index in [2.05, 4.69) is 0 Å². The molecule has 0 aliphatic carbocycles. The molecule has 4 heteroatoms. The lowest BCUT2D eigenvalue weighted by Crippen LogP contribution is -2.44. The van der Waals surface area contributed by atoms with E-state index < -0.39 is 14.6 Å². The first kappa shape index (κ1) is 14.9. The molecular weight excluding hydrogens is 212 g/mol. The topological polar surface area (TPSA) is 43.4 Å². The largest absolute Gasteiger partial charge is 0.383 e. The van der Waals surface area contributed by atoms with E-state index >= 15 is 0 Å². The van der Waals surface area contributed by atoms with Crippen LogP contribution >= 0.6 is 0 Å². The molecule has 0 aromatic heterocycles. The Balaban J connectivity index is 5.05. The molecule has 0 fully saturated rings. The Labute approximate surface area is 94.1 Å². The van der Waals surface area contributed by atoms with Crippen molar-refractivity contribution >= 4 is 9.84 Å². The third-order valence-corrected chi connectivity index (χ3v) is 6.03. The zero-order chi connectivity index (χ0) is 12.1. The van der Waals surface area contributed by atoms with Crippen molar-refractivity contribution in [3.8, 4) is 0 Å². The minimum Gasteiger partial charge on any atom is -0.383 e. The highest BCUT2D eigenvalue weighted by atomic mass is 32.2. The summed E-state index contributed by atoms with van der Waals surface area (Å²) in [7, 11) is -1.51. The fraction of sp³-hybridized carbons (Fsp3) is 1.00. The third kappa shape index (κ3) is 3.45. The zero-order valence-electron chi connectivity index (χ0n) is 10.5. The standard InChI is InChI=1S/C11H24O3S/c1-6-11(7-2,9-14-5)15(12,13)8-10(3)4/h10H,6-9H2,1-5H3. The zero-order valence-corrected chi connectivity index (χ0v) is 11.4. The van der Waals surface area contributed by atoms with Crippen LogP contribution in [0.25, 0.3) is 0 Å². The van der Waals surface area contributed by atoms with Gasteiger partial charge in [0.15, 0.2) is 9.84 Å². The van der Waals surface area contributed by atoms with Crippen molar-refractivity contribution < 1.29 is 13.2 Å². The summed E-state index contributed by atoms with van der Waals surface area (Å²) in [6.07, 6.45) is 1.23. The molecule has 0 unspecified atom stereocenters. The monoisotopic (exact) mass is 236 g/mol. The predicted octanol–water partition coefficient (Wildman–Crippen LogP) is 2.26. The highest BCUT2D eigenvalue weighted by Crippen LogP contribution is 2.28. The van der Waals surface area contributed by atoms with E-state index in [0.717, 1.165) is 0 Å². The van der Waals surface area contributed by atoms with Crippen molar-refractivity contribution in [2.45, 2.75) is 45.3 Å². The molecule has 0 N–H and O–H groups in total. The first-order valence-corrected chi connectivity index (χ1v) is 7.21. The Morgan fingerprint density at radius 1 is 1.20 bits per heavy atom. The van der Waals surface area contributed by atoms with Gasteiger partial charge < -0.3 is 4.74 Å². The summed E-state index contributed by atoms with van der Waals surface area (Å²) in [4.78, 5) is 0. The van der Waals surface area contributed by atoms with Crippen LogP contribution < -0.4 is 0 Å². The van der Waals surface area contributed by atoms with Crippen LogP contribution in [0.5, 0.6) is 0 Å². The minimum absolute atomic E-state index is 0.171. The van der Waals surface area contributed by atoms with Crippen LogP contribution in [0.15, 0.2) is 0 Å². The van der Waals surface area contributed by atoms with Gasteiger partial charge in [-0.05, 0) is 18.8 Å². The lowest BCUT2D eigenvalue weighted by molar-refractivity contribution is 0.158. The number of rotatable bonds is 7. The van der Waals surface area contributed by atoms with Gasteiger partial charge >= 0.3 is 0 Å². The van der Waals surface area contributed by atoms with Crippen molar-refractivity contribution in [2.75, 3.05) is 19.5 Å². The quantitative estimate of drug-likeness (QED) is 0.681. The summed E-state index contributed by atoms with van der Waals surface area (Å²) in [6.45, 7) is 8.00. The van der Waals surface area contributed by atoms with Crippen LogP contribution in [0.1, 0.15) is 40.5 Å². The summed E-state index contributed by atoms with van der Waals surface area (Å²) in [6, 6.07) is 0. The van der Waals surface area contributed by atoms with Gasteiger partial charge in [0.25, 0.3) is 0 Å². The molecule has 0 aromatic carbocycles. The van der Waals surface area contributed by atoms with Gasteiger partial charge in [-0.3, -0.25) is 0 Å². The van der Waals surface area contributed by atoms with Crippen LogP contribution in [-0.2, 0) is 14.6 Å². The van der Waals surface area contributed by atoms with Gasteiger partial charge in [-0.25, -0.2) is 8.42 Å². The molecule has 92 valence electrons. The molecule has 0 amide bonds. The molecule has 0 bridgehead atoms. The van der Waals surface area contributed by atoms with Crippen LogP contribution in [0.2, 0.25) is 0 Å². The third-order valence-electron chi connectivity index (χ3n) is 2.91.